The average Bonchev–Trinajstić information content (AvgIpc) is 2.73. The van der Waals surface area contributed by atoms with Crippen molar-refractivity contribution in [1.82, 2.24) is 4.90 Å². The van der Waals surface area contributed by atoms with E-state index in [1.807, 2.05) is 18.2 Å². The second kappa shape index (κ2) is 8.36. The number of rotatable bonds is 6. The molecule has 0 N–H and O–H groups in total. The van der Waals surface area contributed by atoms with Crippen LogP contribution in [0, 0.1) is 5.92 Å². The molecule has 0 aliphatic carbocycles. The number of hydrogen-bond acceptors (Lipinski definition) is 4. The van der Waals surface area contributed by atoms with Crippen molar-refractivity contribution >= 4 is 5.78 Å². The van der Waals surface area contributed by atoms with Gasteiger partial charge in [-0.25, -0.2) is 0 Å². The number of fused-ring (bicyclic) bond motifs is 2. The van der Waals surface area contributed by atoms with Crippen LogP contribution in [0.1, 0.15) is 48.0 Å². The van der Waals surface area contributed by atoms with Gasteiger partial charge in [0, 0.05) is 30.1 Å². The summed E-state index contributed by atoms with van der Waals surface area (Å²) in [5.74, 6) is 1.63. The molecule has 2 atom stereocenters. The molecule has 4 nitrogen and oxygen atoms in total. The van der Waals surface area contributed by atoms with Gasteiger partial charge in [0.25, 0.3) is 0 Å². The molecule has 2 fully saturated rings. The summed E-state index contributed by atoms with van der Waals surface area (Å²) in [6.45, 7) is 0.993. The zero-order valence-electron chi connectivity index (χ0n) is 16.8. The number of piperidine rings is 2. The third-order valence-electron chi connectivity index (χ3n) is 6.37. The largest absolute Gasteiger partial charge is 0.493 e. The third-order valence-corrected chi connectivity index (χ3v) is 6.37. The molecule has 4 heteroatoms. The molecule has 2 unspecified atom stereocenters. The molecule has 0 saturated carbocycles. The third kappa shape index (κ3) is 3.79. The maximum atomic E-state index is 13.2. The van der Waals surface area contributed by atoms with E-state index in [-0.39, 0.29) is 11.7 Å². The summed E-state index contributed by atoms with van der Waals surface area (Å²) >= 11 is 0. The van der Waals surface area contributed by atoms with Crippen LogP contribution in [0.5, 0.6) is 11.5 Å². The Morgan fingerprint density at radius 3 is 2.29 bits per heavy atom. The topological polar surface area (TPSA) is 38.8 Å². The second-order valence-electron chi connectivity index (χ2n) is 8.00. The smallest absolute Gasteiger partial charge is 0.166 e. The molecular weight excluding hydrogens is 350 g/mol. The van der Waals surface area contributed by atoms with Gasteiger partial charge in [0.2, 0.25) is 0 Å². The molecule has 2 bridgehead atoms. The minimum atomic E-state index is 0.0976. The summed E-state index contributed by atoms with van der Waals surface area (Å²) in [5.41, 5.74) is 2.10. The Hall–Kier alpha value is -2.33. The summed E-state index contributed by atoms with van der Waals surface area (Å²) < 4.78 is 10.7. The van der Waals surface area contributed by atoms with E-state index < -0.39 is 0 Å². The van der Waals surface area contributed by atoms with E-state index in [0.717, 1.165) is 24.9 Å². The molecule has 2 aliphatic heterocycles. The number of benzene rings is 2. The number of Topliss-reactive ketones (excluding diaryl/α,β-unsaturated/α-hetero) is 1. The van der Waals surface area contributed by atoms with E-state index >= 15 is 0 Å². The first kappa shape index (κ1) is 19.0. The second-order valence-corrected chi connectivity index (χ2v) is 8.00. The molecule has 2 heterocycles. The lowest BCUT2D eigenvalue weighted by Gasteiger charge is -2.48. The van der Waals surface area contributed by atoms with Gasteiger partial charge in [0.1, 0.15) is 0 Å². The fourth-order valence-corrected chi connectivity index (χ4v) is 4.97. The first-order valence-corrected chi connectivity index (χ1v) is 10.3. The zero-order valence-corrected chi connectivity index (χ0v) is 16.8. The number of nitrogens with zero attached hydrogens (tertiary/aromatic N) is 1. The molecule has 0 radical (unpaired) electrons. The van der Waals surface area contributed by atoms with Crippen LogP contribution in [-0.4, -0.2) is 37.0 Å². The maximum absolute atomic E-state index is 13.2. The van der Waals surface area contributed by atoms with Gasteiger partial charge in [0.15, 0.2) is 17.3 Å². The highest BCUT2D eigenvalue weighted by Crippen LogP contribution is 2.40. The van der Waals surface area contributed by atoms with Gasteiger partial charge in [-0.2, -0.15) is 0 Å². The molecule has 2 aromatic rings. The van der Waals surface area contributed by atoms with E-state index in [1.54, 1.807) is 14.2 Å². The molecule has 148 valence electrons. The summed E-state index contributed by atoms with van der Waals surface area (Å²) in [7, 11) is 3.22. The molecule has 2 saturated heterocycles. The zero-order chi connectivity index (χ0) is 19.5. The Balaban J connectivity index is 1.50. The van der Waals surface area contributed by atoms with E-state index in [9.17, 15) is 4.79 Å². The highest BCUT2D eigenvalue weighted by molar-refractivity contribution is 5.98. The Kier molecular flexibility index (Phi) is 5.67. The van der Waals surface area contributed by atoms with Gasteiger partial charge in [-0.3, -0.25) is 9.69 Å². The molecular formula is C24H29NO3. The van der Waals surface area contributed by atoms with Gasteiger partial charge in [-0.15, -0.1) is 0 Å². The van der Waals surface area contributed by atoms with Gasteiger partial charge < -0.3 is 9.47 Å². The molecule has 28 heavy (non-hydrogen) atoms. The molecule has 2 aromatic carbocycles. The van der Waals surface area contributed by atoms with Crippen molar-refractivity contribution in [3.05, 3.63) is 59.7 Å². The van der Waals surface area contributed by atoms with Crippen molar-refractivity contribution in [3.8, 4) is 11.5 Å². The van der Waals surface area contributed by atoms with Crippen LogP contribution in [0.25, 0.3) is 0 Å². The minimum absolute atomic E-state index is 0.0976. The lowest BCUT2D eigenvalue weighted by Crippen LogP contribution is -2.52. The summed E-state index contributed by atoms with van der Waals surface area (Å²) in [4.78, 5) is 15.9. The predicted octanol–water partition coefficient (Wildman–Crippen LogP) is 4.72. The van der Waals surface area contributed by atoms with Gasteiger partial charge in [0.05, 0.1) is 14.2 Å². The molecule has 0 spiro atoms. The monoisotopic (exact) mass is 379 g/mol. The van der Waals surface area contributed by atoms with E-state index in [4.69, 9.17) is 9.47 Å². The van der Waals surface area contributed by atoms with E-state index in [1.165, 1.54) is 24.8 Å². The predicted molar refractivity (Wildman–Crippen MR) is 110 cm³/mol. The van der Waals surface area contributed by atoms with Crippen LogP contribution < -0.4 is 9.47 Å². The molecule has 2 aliphatic rings. The average molecular weight is 380 g/mol. The number of ketones is 1. The molecule has 0 aromatic heterocycles. The number of carbonyl (C=O) groups is 1. The van der Waals surface area contributed by atoms with Crippen molar-refractivity contribution in [2.45, 2.75) is 50.7 Å². The van der Waals surface area contributed by atoms with Crippen LogP contribution in [0.4, 0.5) is 0 Å². The summed E-state index contributed by atoms with van der Waals surface area (Å²) in [5, 5.41) is 0. The Morgan fingerprint density at radius 1 is 0.964 bits per heavy atom. The fourth-order valence-electron chi connectivity index (χ4n) is 4.97. The minimum Gasteiger partial charge on any atom is -0.493 e. The first-order valence-electron chi connectivity index (χ1n) is 10.3. The van der Waals surface area contributed by atoms with Crippen molar-refractivity contribution in [2.75, 3.05) is 14.2 Å². The standard InChI is InChI=1S/C24H29NO3/c1-27-22-12-11-18(15-23(22)28-2)24(26)19-13-20-9-6-10-21(14-19)25(20)16-17-7-4-3-5-8-17/h3-5,7-8,11-12,15,19-21H,6,9-10,13-14,16H2,1-2H3. The molecule has 4 rings (SSSR count). The Bertz CT molecular complexity index is 806. The van der Waals surface area contributed by atoms with Crippen LogP contribution in [0.3, 0.4) is 0 Å². The van der Waals surface area contributed by atoms with E-state index in [0.29, 0.717) is 23.6 Å². The van der Waals surface area contributed by atoms with Gasteiger partial charge in [-0.1, -0.05) is 36.8 Å². The van der Waals surface area contributed by atoms with Crippen LogP contribution in [0.15, 0.2) is 48.5 Å². The quantitative estimate of drug-likeness (QED) is 0.681. The number of carbonyl (C=O) groups excluding carboxylic acids is 1. The van der Waals surface area contributed by atoms with Crippen molar-refractivity contribution < 1.29 is 14.3 Å². The highest BCUT2D eigenvalue weighted by atomic mass is 16.5. The van der Waals surface area contributed by atoms with Crippen molar-refractivity contribution in [2.24, 2.45) is 5.92 Å². The summed E-state index contributed by atoms with van der Waals surface area (Å²) in [6, 6.07) is 17.2. The summed E-state index contributed by atoms with van der Waals surface area (Å²) in [6.07, 6.45) is 5.57. The fraction of sp³-hybridized carbons (Fsp3) is 0.458. The van der Waals surface area contributed by atoms with Gasteiger partial charge in [-0.05, 0) is 49.4 Å². The number of ether oxygens (including phenoxy) is 2. The molecule has 0 amide bonds. The van der Waals surface area contributed by atoms with Gasteiger partial charge >= 0.3 is 0 Å². The SMILES string of the molecule is COc1ccc(C(=O)C2CC3CCCC(C2)N3Cc2ccccc2)cc1OC. The lowest BCUT2D eigenvalue weighted by molar-refractivity contribution is 0.00905. The van der Waals surface area contributed by atoms with Crippen molar-refractivity contribution in [1.29, 1.82) is 0 Å². The number of hydrogen-bond donors (Lipinski definition) is 0. The van der Waals surface area contributed by atoms with Crippen LogP contribution in [-0.2, 0) is 6.54 Å². The Morgan fingerprint density at radius 2 is 1.64 bits per heavy atom. The highest BCUT2D eigenvalue weighted by Gasteiger charge is 2.40. The lowest BCUT2D eigenvalue weighted by atomic mass is 9.75. The van der Waals surface area contributed by atoms with E-state index in [2.05, 4.69) is 35.2 Å². The van der Waals surface area contributed by atoms with Crippen LogP contribution >= 0.6 is 0 Å². The maximum Gasteiger partial charge on any atom is 0.166 e. The number of methoxy groups -OCH3 is 2. The first-order chi connectivity index (χ1) is 13.7. The Labute approximate surface area is 167 Å². The normalized spacial score (nSPS) is 24.6. The van der Waals surface area contributed by atoms with Crippen molar-refractivity contribution in [3.63, 3.8) is 0 Å². The van der Waals surface area contributed by atoms with Crippen LogP contribution in [0.2, 0.25) is 0 Å².